The van der Waals surface area contributed by atoms with Gasteiger partial charge in [-0.2, -0.15) is 5.10 Å². The Balaban J connectivity index is 1.45. The molecular formula is C18H25N5O2. The maximum Gasteiger partial charge on any atom is 0.255 e. The molecule has 2 atom stereocenters. The minimum atomic E-state index is -0.0600. The number of nitrogens with zero attached hydrogens (tertiary/aromatic N) is 3. The Morgan fingerprint density at radius 1 is 1.40 bits per heavy atom. The molecule has 0 bridgehead atoms. The third-order valence-electron chi connectivity index (χ3n) is 5.48. The van der Waals surface area contributed by atoms with Crippen molar-refractivity contribution in [3.8, 4) is 0 Å². The second kappa shape index (κ2) is 6.63. The summed E-state index contributed by atoms with van der Waals surface area (Å²) in [5.41, 5.74) is 1.90. The van der Waals surface area contributed by atoms with E-state index in [1.807, 2.05) is 26.2 Å². The number of aromatic nitrogens is 4. The van der Waals surface area contributed by atoms with Crippen molar-refractivity contribution < 1.29 is 9.53 Å². The summed E-state index contributed by atoms with van der Waals surface area (Å²) in [6, 6.07) is 1.90. The fourth-order valence-electron chi connectivity index (χ4n) is 3.81. The van der Waals surface area contributed by atoms with Gasteiger partial charge in [0, 0.05) is 32.1 Å². The van der Waals surface area contributed by atoms with Crippen molar-refractivity contribution in [1.29, 1.82) is 0 Å². The fourth-order valence-corrected chi connectivity index (χ4v) is 3.81. The van der Waals surface area contributed by atoms with Crippen LogP contribution in [-0.2, 0) is 4.74 Å². The second-order valence-electron chi connectivity index (χ2n) is 7.20. The molecular weight excluding hydrogens is 318 g/mol. The molecule has 2 N–H and O–H groups in total. The number of hydrogen-bond acceptors (Lipinski definition) is 4. The molecule has 1 aliphatic heterocycles. The van der Waals surface area contributed by atoms with Gasteiger partial charge in [-0.15, -0.1) is 0 Å². The van der Waals surface area contributed by atoms with Gasteiger partial charge in [0.2, 0.25) is 0 Å². The number of amides is 1. The number of rotatable bonds is 5. The van der Waals surface area contributed by atoms with Crippen LogP contribution < -0.4 is 0 Å². The maximum absolute atomic E-state index is 12.9. The molecule has 0 spiro atoms. The summed E-state index contributed by atoms with van der Waals surface area (Å²) >= 11 is 0. The quantitative estimate of drug-likeness (QED) is 0.872. The molecule has 0 radical (unpaired) electrons. The van der Waals surface area contributed by atoms with Gasteiger partial charge in [-0.05, 0) is 38.2 Å². The first-order valence-corrected chi connectivity index (χ1v) is 9.06. The molecule has 7 nitrogen and oxygen atoms in total. The molecule has 2 aliphatic rings. The maximum atomic E-state index is 12.9. The van der Waals surface area contributed by atoms with Crippen LogP contribution in [0.2, 0.25) is 0 Å². The van der Waals surface area contributed by atoms with Crippen LogP contribution in [-0.4, -0.2) is 57.3 Å². The molecule has 4 rings (SSSR count). The van der Waals surface area contributed by atoms with Crippen LogP contribution in [0.3, 0.4) is 0 Å². The summed E-state index contributed by atoms with van der Waals surface area (Å²) in [6.07, 6.45) is 6.29. The van der Waals surface area contributed by atoms with Gasteiger partial charge in [0.1, 0.15) is 5.82 Å². The first-order chi connectivity index (χ1) is 12.1. The van der Waals surface area contributed by atoms with Gasteiger partial charge in [0.05, 0.1) is 17.6 Å². The summed E-state index contributed by atoms with van der Waals surface area (Å²) < 4.78 is 5.88. The molecule has 1 saturated heterocycles. The third-order valence-corrected chi connectivity index (χ3v) is 5.48. The van der Waals surface area contributed by atoms with Crippen molar-refractivity contribution in [1.82, 2.24) is 25.1 Å². The second-order valence-corrected chi connectivity index (χ2v) is 7.20. The highest BCUT2D eigenvalue weighted by Gasteiger charge is 2.35. The predicted molar refractivity (Wildman–Crippen MR) is 92.6 cm³/mol. The Morgan fingerprint density at radius 2 is 2.24 bits per heavy atom. The van der Waals surface area contributed by atoms with Crippen molar-refractivity contribution in [2.45, 2.75) is 50.5 Å². The minimum Gasteiger partial charge on any atom is -0.376 e. The summed E-state index contributed by atoms with van der Waals surface area (Å²) in [5, 5.41) is 7.18. The van der Waals surface area contributed by atoms with E-state index in [-0.39, 0.29) is 17.9 Å². The lowest BCUT2D eigenvalue weighted by atomic mass is 9.81. The molecule has 134 valence electrons. The summed E-state index contributed by atoms with van der Waals surface area (Å²) in [7, 11) is 1.85. The van der Waals surface area contributed by atoms with Gasteiger partial charge in [0.15, 0.2) is 5.82 Å². The SMILES string of the molecule is Cc1nc([C@@H]2CCO[C@@H]2CN(C)C(=O)c2cc[nH]c2C2CCC2)n[nH]1. The minimum absolute atomic E-state index is 0.0589. The largest absolute Gasteiger partial charge is 0.376 e. The molecule has 1 amide bonds. The molecule has 2 aromatic rings. The van der Waals surface area contributed by atoms with Crippen LogP contribution in [0.25, 0.3) is 0 Å². The van der Waals surface area contributed by atoms with Crippen LogP contribution >= 0.6 is 0 Å². The topological polar surface area (TPSA) is 86.9 Å². The van der Waals surface area contributed by atoms with E-state index in [9.17, 15) is 4.79 Å². The van der Waals surface area contributed by atoms with Crippen molar-refractivity contribution in [2.75, 3.05) is 20.2 Å². The number of H-pyrrole nitrogens is 2. The van der Waals surface area contributed by atoms with Gasteiger partial charge in [-0.1, -0.05) is 6.42 Å². The molecule has 1 saturated carbocycles. The van der Waals surface area contributed by atoms with Crippen LogP contribution in [0.1, 0.15) is 65.2 Å². The first-order valence-electron chi connectivity index (χ1n) is 9.06. The number of aryl methyl sites for hydroxylation is 1. The molecule has 0 aromatic carbocycles. The van der Waals surface area contributed by atoms with Crippen molar-refractivity contribution >= 4 is 5.91 Å². The number of carbonyl (C=O) groups excluding carboxylic acids is 1. The van der Waals surface area contributed by atoms with E-state index in [0.29, 0.717) is 19.1 Å². The van der Waals surface area contributed by atoms with Crippen LogP contribution in [0.5, 0.6) is 0 Å². The standard InChI is InChI=1S/C18H25N5O2/c1-11-20-17(22-21-11)13-7-9-25-15(13)10-23(2)18(24)14-6-8-19-16(14)12-4-3-5-12/h6,8,12-13,15,19H,3-5,7,9-10H2,1-2H3,(H,20,21,22)/t13-,15-/m1/s1. The number of aromatic amines is 2. The number of carbonyl (C=O) groups is 1. The third kappa shape index (κ3) is 3.08. The zero-order valence-electron chi connectivity index (χ0n) is 14.8. The fraction of sp³-hybridized carbons (Fsp3) is 0.611. The van der Waals surface area contributed by atoms with E-state index in [1.165, 1.54) is 19.3 Å². The van der Waals surface area contributed by atoms with E-state index < -0.39 is 0 Å². The Kier molecular flexibility index (Phi) is 4.33. The van der Waals surface area contributed by atoms with Crippen molar-refractivity contribution in [3.05, 3.63) is 35.2 Å². The number of nitrogens with one attached hydrogen (secondary N) is 2. The zero-order chi connectivity index (χ0) is 17.4. The van der Waals surface area contributed by atoms with Crippen LogP contribution in [0.15, 0.2) is 12.3 Å². The summed E-state index contributed by atoms with van der Waals surface area (Å²) in [6.45, 7) is 3.12. The zero-order valence-corrected chi connectivity index (χ0v) is 14.8. The van der Waals surface area contributed by atoms with Gasteiger partial charge in [-0.3, -0.25) is 9.89 Å². The predicted octanol–water partition coefficient (Wildman–Crippen LogP) is 2.35. The smallest absolute Gasteiger partial charge is 0.255 e. The molecule has 2 fully saturated rings. The number of ether oxygens (including phenoxy) is 1. The van der Waals surface area contributed by atoms with E-state index >= 15 is 0 Å². The summed E-state index contributed by atoms with van der Waals surface area (Å²) in [5.74, 6) is 2.30. The number of likely N-dealkylation sites (N-methyl/N-ethyl adjacent to an activating group) is 1. The van der Waals surface area contributed by atoms with Gasteiger partial charge >= 0.3 is 0 Å². The summed E-state index contributed by atoms with van der Waals surface area (Å²) in [4.78, 5) is 22.4. The Bertz CT molecular complexity index is 748. The molecule has 1 aliphatic carbocycles. The lowest BCUT2D eigenvalue weighted by molar-refractivity contribution is 0.0548. The van der Waals surface area contributed by atoms with E-state index in [2.05, 4.69) is 20.2 Å². The highest BCUT2D eigenvalue weighted by molar-refractivity contribution is 5.95. The average molecular weight is 343 g/mol. The lowest BCUT2D eigenvalue weighted by Crippen LogP contribution is -2.37. The first kappa shape index (κ1) is 16.3. The van der Waals surface area contributed by atoms with E-state index in [0.717, 1.165) is 29.3 Å². The van der Waals surface area contributed by atoms with Crippen LogP contribution in [0.4, 0.5) is 0 Å². The Labute approximate surface area is 147 Å². The molecule has 25 heavy (non-hydrogen) atoms. The highest BCUT2D eigenvalue weighted by Crippen LogP contribution is 2.37. The van der Waals surface area contributed by atoms with Crippen molar-refractivity contribution in [2.24, 2.45) is 0 Å². The van der Waals surface area contributed by atoms with Gasteiger partial charge < -0.3 is 14.6 Å². The highest BCUT2D eigenvalue weighted by atomic mass is 16.5. The Hall–Kier alpha value is -2.15. The molecule has 7 heteroatoms. The lowest BCUT2D eigenvalue weighted by Gasteiger charge is -2.27. The molecule has 2 aromatic heterocycles. The van der Waals surface area contributed by atoms with E-state index in [1.54, 1.807) is 4.90 Å². The van der Waals surface area contributed by atoms with Crippen LogP contribution in [0, 0.1) is 6.92 Å². The number of hydrogen-bond donors (Lipinski definition) is 2. The van der Waals surface area contributed by atoms with E-state index in [4.69, 9.17) is 4.74 Å². The Morgan fingerprint density at radius 3 is 2.92 bits per heavy atom. The molecule has 3 heterocycles. The van der Waals surface area contributed by atoms with Crippen molar-refractivity contribution in [3.63, 3.8) is 0 Å². The monoisotopic (exact) mass is 343 g/mol. The average Bonchev–Trinajstić information content (AvgIpc) is 3.25. The normalized spacial score (nSPS) is 23.6. The van der Waals surface area contributed by atoms with Gasteiger partial charge in [0.25, 0.3) is 5.91 Å². The molecule has 0 unspecified atom stereocenters. The van der Waals surface area contributed by atoms with Gasteiger partial charge in [-0.25, -0.2) is 4.98 Å².